The summed E-state index contributed by atoms with van der Waals surface area (Å²) in [6.45, 7) is 2.12. The summed E-state index contributed by atoms with van der Waals surface area (Å²) in [5, 5.41) is 0. The number of nitrogens with one attached hydrogen (secondary N) is 2. The van der Waals surface area contributed by atoms with E-state index in [4.69, 9.17) is 21.7 Å². The molecular formula is C24H25N3O5S2. The number of carbonyl (C=O) groups excluding carboxylic acids is 3. The number of methoxy groups -OCH3 is 2. The quantitative estimate of drug-likeness (QED) is 0.326. The van der Waals surface area contributed by atoms with Crippen LogP contribution in [0.3, 0.4) is 0 Å². The molecule has 3 rings (SSSR count). The fourth-order valence-electron chi connectivity index (χ4n) is 3.27. The van der Waals surface area contributed by atoms with Crippen molar-refractivity contribution in [1.29, 1.82) is 0 Å². The van der Waals surface area contributed by atoms with Crippen molar-refractivity contribution in [3.63, 3.8) is 0 Å². The average Bonchev–Trinajstić information content (AvgIpc) is 3.10. The molecule has 0 spiro atoms. The van der Waals surface area contributed by atoms with Crippen molar-refractivity contribution in [2.75, 3.05) is 20.8 Å². The number of ether oxygens (including phenoxy) is 2. The van der Waals surface area contributed by atoms with Gasteiger partial charge in [0.15, 0.2) is 11.5 Å². The summed E-state index contributed by atoms with van der Waals surface area (Å²) in [7, 11) is 3.10. The molecule has 1 saturated heterocycles. The molecule has 2 aromatic carbocycles. The highest BCUT2D eigenvalue weighted by Gasteiger charge is 2.31. The van der Waals surface area contributed by atoms with Gasteiger partial charge in [0.05, 0.1) is 19.1 Å². The predicted molar refractivity (Wildman–Crippen MR) is 135 cm³/mol. The maximum absolute atomic E-state index is 12.8. The molecule has 0 unspecified atom stereocenters. The van der Waals surface area contributed by atoms with Gasteiger partial charge in [-0.1, -0.05) is 48.2 Å². The highest BCUT2D eigenvalue weighted by molar-refractivity contribution is 8.26. The smallest absolute Gasteiger partial charge is 0.269 e. The Morgan fingerprint density at radius 3 is 2.53 bits per heavy atom. The summed E-state index contributed by atoms with van der Waals surface area (Å²) < 4.78 is 11.0. The van der Waals surface area contributed by atoms with Crippen LogP contribution in [0.1, 0.15) is 34.3 Å². The second-order valence-corrected chi connectivity index (χ2v) is 9.04. The minimum atomic E-state index is -0.385. The van der Waals surface area contributed by atoms with E-state index in [2.05, 4.69) is 10.9 Å². The van der Waals surface area contributed by atoms with Crippen molar-refractivity contribution in [2.24, 2.45) is 0 Å². The van der Waals surface area contributed by atoms with Gasteiger partial charge in [0.25, 0.3) is 11.8 Å². The molecular weight excluding hydrogens is 474 g/mol. The van der Waals surface area contributed by atoms with Gasteiger partial charge >= 0.3 is 0 Å². The zero-order valence-electron chi connectivity index (χ0n) is 19.0. The van der Waals surface area contributed by atoms with E-state index in [-0.39, 0.29) is 24.1 Å². The molecule has 10 heteroatoms. The minimum absolute atomic E-state index is 0.125. The number of hydrazine groups is 1. The number of nitrogens with zero attached hydrogens (tertiary/aromatic N) is 1. The fourth-order valence-corrected chi connectivity index (χ4v) is 4.58. The molecule has 1 aliphatic heterocycles. The third-order valence-electron chi connectivity index (χ3n) is 5.07. The number of thiocarbonyl (C=S) groups is 1. The van der Waals surface area contributed by atoms with E-state index < -0.39 is 0 Å². The number of hydrogen-bond donors (Lipinski definition) is 2. The van der Waals surface area contributed by atoms with Gasteiger partial charge in [-0.05, 0) is 48.7 Å². The first kappa shape index (κ1) is 25.3. The second-order valence-electron chi connectivity index (χ2n) is 7.37. The number of thioether (sulfide) groups is 1. The summed E-state index contributed by atoms with van der Waals surface area (Å²) in [5.74, 6) is 0.211. The summed E-state index contributed by atoms with van der Waals surface area (Å²) in [4.78, 5) is 39.1. The summed E-state index contributed by atoms with van der Waals surface area (Å²) in [6, 6.07) is 12.5. The largest absolute Gasteiger partial charge is 0.493 e. The molecule has 0 aromatic heterocycles. The van der Waals surface area contributed by atoms with Crippen LogP contribution in [0.2, 0.25) is 0 Å². The Hall–Kier alpha value is -3.37. The second kappa shape index (κ2) is 11.7. The van der Waals surface area contributed by atoms with Crippen LogP contribution < -0.4 is 20.3 Å². The molecule has 0 atom stereocenters. The monoisotopic (exact) mass is 499 g/mol. The lowest BCUT2D eigenvalue weighted by atomic mass is 10.1. The molecule has 1 heterocycles. The van der Waals surface area contributed by atoms with Crippen molar-refractivity contribution in [2.45, 2.75) is 19.8 Å². The topological polar surface area (TPSA) is 97.0 Å². The Kier molecular flexibility index (Phi) is 8.67. The highest BCUT2D eigenvalue weighted by atomic mass is 32.2. The molecule has 3 amide bonds. The SMILES string of the molecule is COc1ccc(C=C2SC(=S)N(CCCC(=O)NNC(=O)c3ccccc3C)C2=O)cc1OC. The van der Waals surface area contributed by atoms with Gasteiger partial charge < -0.3 is 9.47 Å². The molecule has 2 N–H and O–H groups in total. The van der Waals surface area contributed by atoms with Crippen LogP contribution in [0, 0.1) is 6.92 Å². The molecule has 0 aliphatic carbocycles. The van der Waals surface area contributed by atoms with Crippen molar-refractivity contribution in [1.82, 2.24) is 15.8 Å². The van der Waals surface area contributed by atoms with E-state index in [9.17, 15) is 14.4 Å². The average molecular weight is 500 g/mol. The minimum Gasteiger partial charge on any atom is -0.493 e. The van der Waals surface area contributed by atoms with Gasteiger partial charge in [0.2, 0.25) is 5.91 Å². The molecule has 0 bridgehead atoms. The lowest BCUT2D eigenvalue weighted by Crippen LogP contribution is -2.42. The molecule has 0 radical (unpaired) electrons. The van der Waals surface area contributed by atoms with E-state index >= 15 is 0 Å². The zero-order valence-corrected chi connectivity index (χ0v) is 20.7. The van der Waals surface area contributed by atoms with Crippen LogP contribution in [0.25, 0.3) is 6.08 Å². The Bertz CT molecular complexity index is 1150. The normalized spacial score (nSPS) is 14.3. The molecule has 0 saturated carbocycles. The molecule has 1 aliphatic rings. The Balaban J connectivity index is 1.51. The fraction of sp³-hybridized carbons (Fsp3) is 0.250. The van der Waals surface area contributed by atoms with E-state index in [0.29, 0.717) is 39.3 Å². The van der Waals surface area contributed by atoms with Gasteiger partial charge in [-0.3, -0.25) is 30.1 Å². The van der Waals surface area contributed by atoms with E-state index in [1.807, 2.05) is 25.1 Å². The first-order valence-electron chi connectivity index (χ1n) is 10.5. The van der Waals surface area contributed by atoms with Crippen LogP contribution in [0.5, 0.6) is 11.5 Å². The van der Waals surface area contributed by atoms with Gasteiger partial charge in [0.1, 0.15) is 4.32 Å². The van der Waals surface area contributed by atoms with Crippen LogP contribution in [-0.4, -0.2) is 47.7 Å². The predicted octanol–water partition coefficient (Wildman–Crippen LogP) is 3.45. The summed E-state index contributed by atoms with van der Waals surface area (Å²) >= 11 is 6.57. The first-order valence-corrected chi connectivity index (χ1v) is 11.7. The van der Waals surface area contributed by atoms with Crippen molar-refractivity contribution in [3.05, 3.63) is 64.1 Å². The number of aryl methyl sites for hydroxylation is 1. The van der Waals surface area contributed by atoms with E-state index in [1.54, 1.807) is 44.6 Å². The Morgan fingerprint density at radius 1 is 1.09 bits per heavy atom. The molecule has 178 valence electrons. The third-order valence-corrected chi connectivity index (χ3v) is 6.45. The van der Waals surface area contributed by atoms with Crippen LogP contribution in [-0.2, 0) is 9.59 Å². The first-order chi connectivity index (χ1) is 16.3. The molecule has 2 aromatic rings. The van der Waals surface area contributed by atoms with Gasteiger partial charge in [-0.2, -0.15) is 0 Å². The highest BCUT2D eigenvalue weighted by Crippen LogP contribution is 2.34. The maximum Gasteiger partial charge on any atom is 0.269 e. The molecule has 8 nitrogen and oxygen atoms in total. The maximum atomic E-state index is 12.8. The third kappa shape index (κ3) is 6.15. The van der Waals surface area contributed by atoms with Crippen LogP contribution in [0.4, 0.5) is 0 Å². The number of rotatable bonds is 8. The van der Waals surface area contributed by atoms with Crippen LogP contribution >= 0.6 is 24.0 Å². The van der Waals surface area contributed by atoms with Gasteiger partial charge in [-0.15, -0.1) is 0 Å². The van der Waals surface area contributed by atoms with Crippen LogP contribution in [0.15, 0.2) is 47.4 Å². The molecule has 1 fully saturated rings. The Morgan fingerprint density at radius 2 is 1.82 bits per heavy atom. The van der Waals surface area contributed by atoms with E-state index in [1.165, 1.54) is 16.7 Å². The van der Waals surface area contributed by atoms with E-state index in [0.717, 1.165) is 11.1 Å². The van der Waals surface area contributed by atoms with Crippen molar-refractivity contribution in [3.8, 4) is 11.5 Å². The number of carbonyl (C=O) groups is 3. The van der Waals surface area contributed by atoms with Gasteiger partial charge in [-0.25, -0.2) is 0 Å². The van der Waals surface area contributed by atoms with Crippen molar-refractivity contribution < 1.29 is 23.9 Å². The number of amides is 3. The summed E-state index contributed by atoms with van der Waals surface area (Å²) in [5.41, 5.74) is 6.89. The van der Waals surface area contributed by atoms with Gasteiger partial charge in [0, 0.05) is 18.5 Å². The Labute approximate surface area is 207 Å². The summed E-state index contributed by atoms with van der Waals surface area (Å²) in [6.07, 6.45) is 2.26. The van der Waals surface area contributed by atoms with Crippen molar-refractivity contribution >= 4 is 52.1 Å². The zero-order chi connectivity index (χ0) is 24.7. The number of hydrogen-bond acceptors (Lipinski definition) is 7. The molecule has 34 heavy (non-hydrogen) atoms. The lowest BCUT2D eigenvalue weighted by molar-refractivity contribution is -0.124. The lowest BCUT2D eigenvalue weighted by Gasteiger charge is -2.14. The number of benzene rings is 2. The standard InChI is InChI=1S/C24H25N3O5S2/c1-15-7-4-5-8-17(15)22(29)26-25-21(28)9-6-12-27-23(30)20(34-24(27)33)14-16-10-11-18(31-2)19(13-16)32-3/h4-5,7-8,10-11,13-14H,6,9,12H2,1-3H3,(H,25,28)(H,26,29).